The van der Waals surface area contributed by atoms with Crippen molar-refractivity contribution in [2.75, 3.05) is 27.2 Å². The largest absolute Gasteiger partial charge is 0.493 e. The van der Waals surface area contributed by atoms with Crippen LogP contribution in [0.4, 0.5) is 0 Å². The molecule has 0 fully saturated rings. The SMILES string of the molecule is CN(C)CCO[Si](Cl)(Cl)Cl. The van der Waals surface area contributed by atoms with E-state index < -0.39 is 6.25 Å². The third-order valence-corrected chi connectivity index (χ3v) is 2.32. The number of nitrogens with zero attached hydrogens (tertiary/aromatic N) is 1. The first-order valence-corrected chi connectivity index (χ1v) is 7.71. The van der Waals surface area contributed by atoms with Crippen molar-refractivity contribution in [2.45, 2.75) is 0 Å². The summed E-state index contributed by atoms with van der Waals surface area (Å²) < 4.78 is 4.93. The first-order valence-electron chi connectivity index (χ1n) is 2.77. The van der Waals surface area contributed by atoms with Crippen molar-refractivity contribution in [1.82, 2.24) is 4.90 Å². The molecule has 2 nitrogen and oxygen atoms in total. The first kappa shape index (κ1) is 11.0. The lowest BCUT2D eigenvalue weighted by Crippen LogP contribution is -2.24. The standard InChI is InChI=1S/C4H10Cl3NOSi/c1-8(2)3-4-9-10(5,6)7/h3-4H2,1-2H3. The molecule has 0 spiro atoms. The summed E-state index contributed by atoms with van der Waals surface area (Å²) in [6.07, 6.45) is -2.83. The lowest BCUT2D eigenvalue weighted by Gasteiger charge is -2.12. The molecule has 0 bridgehead atoms. The second-order valence-corrected chi connectivity index (χ2v) is 9.81. The molecule has 0 aromatic rings. The van der Waals surface area contributed by atoms with Gasteiger partial charge in [-0.1, -0.05) is 33.2 Å². The van der Waals surface area contributed by atoms with Crippen LogP contribution in [0.25, 0.3) is 0 Å². The Morgan fingerprint density at radius 3 is 2.10 bits per heavy atom. The molecule has 0 radical (unpaired) electrons. The molecule has 10 heavy (non-hydrogen) atoms. The van der Waals surface area contributed by atoms with Gasteiger partial charge in [0.25, 0.3) is 0 Å². The summed E-state index contributed by atoms with van der Waals surface area (Å²) in [5, 5.41) is 0. The molecular weight excluding hydrogens is 212 g/mol. The zero-order chi connectivity index (χ0) is 8.20. The number of rotatable bonds is 4. The van der Waals surface area contributed by atoms with Gasteiger partial charge in [-0.3, -0.25) is 0 Å². The van der Waals surface area contributed by atoms with Crippen LogP contribution in [0.15, 0.2) is 0 Å². The zero-order valence-electron chi connectivity index (χ0n) is 5.90. The molecule has 0 aliphatic rings. The molecule has 0 saturated carbocycles. The molecule has 0 atom stereocenters. The van der Waals surface area contributed by atoms with Crippen molar-refractivity contribution < 1.29 is 4.43 Å². The Bertz CT molecular complexity index is 95.0. The van der Waals surface area contributed by atoms with Gasteiger partial charge in [-0.05, 0) is 14.1 Å². The maximum Gasteiger partial charge on any atom is 0.493 e. The van der Waals surface area contributed by atoms with E-state index in [-0.39, 0.29) is 0 Å². The summed E-state index contributed by atoms with van der Waals surface area (Å²) in [4.78, 5) is 1.96. The van der Waals surface area contributed by atoms with Gasteiger partial charge in [0.05, 0.1) is 6.61 Å². The van der Waals surface area contributed by atoms with Crippen molar-refractivity contribution in [2.24, 2.45) is 0 Å². The Kier molecular flexibility index (Phi) is 5.28. The lowest BCUT2D eigenvalue weighted by atomic mass is 10.6. The highest BCUT2D eigenvalue weighted by atomic mass is 35.8. The van der Waals surface area contributed by atoms with Crippen molar-refractivity contribution in [1.29, 1.82) is 0 Å². The Morgan fingerprint density at radius 1 is 1.30 bits per heavy atom. The van der Waals surface area contributed by atoms with Gasteiger partial charge in [-0.15, -0.1) is 0 Å². The molecule has 0 N–H and O–H groups in total. The van der Waals surface area contributed by atoms with E-state index in [9.17, 15) is 0 Å². The summed E-state index contributed by atoms with van der Waals surface area (Å²) in [5.41, 5.74) is 0. The minimum Gasteiger partial charge on any atom is -0.380 e. The molecular formula is C4H10Cl3NOSi. The Morgan fingerprint density at radius 2 is 1.80 bits per heavy atom. The van der Waals surface area contributed by atoms with Gasteiger partial charge in [0.1, 0.15) is 0 Å². The number of halogens is 3. The Labute approximate surface area is 76.2 Å². The van der Waals surface area contributed by atoms with Crippen LogP contribution in [-0.4, -0.2) is 38.4 Å². The van der Waals surface area contributed by atoms with Crippen LogP contribution in [-0.2, 0) is 4.43 Å². The van der Waals surface area contributed by atoms with Crippen LogP contribution in [0.1, 0.15) is 0 Å². The van der Waals surface area contributed by atoms with E-state index in [4.69, 9.17) is 37.7 Å². The second kappa shape index (κ2) is 4.80. The summed E-state index contributed by atoms with van der Waals surface area (Å²) in [7, 11) is 3.87. The molecule has 62 valence electrons. The molecule has 0 amide bonds. The van der Waals surface area contributed by atoms with E-state index in [0.29, 0.717) is 6.61 Å². The fourth-order valence-electron chi connectivity index (χ4n) is 0.344. The van der Waals surface area contributed by atoms with Crippen LogP contribution < -0.4 is 0 Å². The van der Waals surface area contributed by atoms with Gasteiger partial charge in [-0.25, -0.2) is 0 Å². The summed E-state index contributed by atoms with van der Waals surface area (Å²) >= 11 is 16.3. The highest BCUT2D eigenvalue weighted by Gasteiger charge is 2.26. The van der Waals surface area contributed by atoms with E-state index in [1.165, 1.54) is 0 Å². The zero-order valence-corrected chi connectivity index (χ0v) is 9.17. The lowest BCUT2D eigenvalue weighted by molar-refractivity contribution is 0.271. The molecule has 0 rings (SSSR count). The molecule has 0 unspecified atom stereocenters. The van der Waals surface area contributed by atoms with Gasteiger partial charge >= 0.3 is 6.25 Å². The van der Waals surface area contributed by atoms with Gasteiger partial charge in [0.15, 0.2) is 0 Å². The smallest absolute Gasteiger partial charge is 0.380 e. The van der Waals surface area contributed by atoms with E-state index in [1.54, 1.807) is 0 Å². The maximum atomic E-state index is 5.45. The molecule has 6 heteroatoms. The summed E-state index contributed by atoms with van der Waals surface area (Å²) in [6, 6.07) is 0. The second-order valence-electron chi connectivity index (χ2n) is 2.10. The molecule has 0 heterocycles. The van der Waals surface area contributed by atoms with Crippen molar-refractivity contribution in [3.05, 3.63) is 0 Å². The first-order chi connectivity index (χ1) is 4.42. The topological polar surface area (TPSA) is 12.5 Å². The van der Waals surface area contributed by atoms with Gasteiger partial charge in [0, 0.05) is 6.54 Å². The van der Waals surface area contributed by atoms with Crippen molar-refractivity contribution in [3.63, 3.8) is 0 Å². The number of likely N-dealkylation sites (N-methyl/N-ethyl adjacent to an activating group) is 1. The fourth-order valence-corrected chi connectivity index (χ4v) is 1.36. The van der Waals surface area contributed by atoms with Crippen LogP contribution in [0.5, 0.6) is 0 Å². The van der Waals surface area contributed by atoms with Crippen LogP contribution in [0, 0.1) is 0 Å². The summed E-state index contributed by atoms with van der Waals surface area (Å²) in [5.74, 6) is 0. The fraction of sp³-hybridized carbons (Fsp3) is 1.00. The predicted molar refractivity (Wildman–Crippen MR) is 47.8 cm³/mol. The van der Waals surface area contributed by atoms with Gasteiger partial charge in [-0.2, -0.15) is 0 Å². The molecule has 0 aliphatic carbocycles. The average Bonchev–Trinajstić information content (AvgIpc) is 1.59. The molecule has 0 aliphatic heterocycles. The summed E-state index contributed by atoms with van der Waals surface area (Å²) in [6.45, 7) is 1.26. The van der Waals surface area contributed by atoms with Crippen LogP contribution >= 0.6 is 33.2 Å². The van der Waals surface area contributed by atoms with Gasteiger partial charge < -0.3 is 9.33 Å². The van der Waals surface area contributed by atoms with Crippen LogP contribution in [0.2, 0.25) is 0 Å². The minimum atomic E-state index is -2.83. The molecule has 0 aromatic carbocycles. The quantitative estimate of drug-likeness (QED) is 0.531. The van der Waals surface area contributed by atoms with E-state index in [0.717, 1.165) is 6.54 Å². The monoisotopic (exact) mass is 221 g/mol. The third kappa shape index (κ3) is 9.01. The van der Waals surface area contributed by atoms with E-state index in [2.05, 4.69) is 0 Å². The predicted octanol–water partition coefficient (Wildman–Crippen LogP) is 1.72. The maximum absolute atomic E-state index is 5.45. The molecule has 0 aromatic heterocycles. The van der Waals surface area contributed by atoms with Crippen LogP contribution in [0.3, 0.4) is 0 Å². The highest BCUT2D eigenvalue weighted by Crippen LogP contribution is 2.20. The number of hydrogen-bond acceptors (Lipinski definition) is 2. The molecule has 0 saturated heterocycles. The highest BCUT2D eigenvalue weighted by molar-refractivity contribution is 7.62. The minimum absolute atomic E-state index is 0.482. The Balaban J connectivity index is 3.21. The van der Waals surface area contributed by atoms with Gasteiger partial charge in [0.2, 0.25) is 0 Å². The normalized spacial score (nSPS) is 12.6. The van der Waals surface area contributed by atoms with Crippen molar-refractivity contribution >= 4 is 39.5 Å². The Hall–Kier alpha value is 1.01. The van der Waals surface area contributed by atoms with E-state index >= 15 is 0 Å². The third-order valence-electron chi connectivity index (χ3n) is 0.804. The number of hydrogen-bond donors (Lipinski definition) is 0. The van der Waals surface area contributed by atoms with Crippen molar-refractivity contribution in [3.8, 4) is 0 Å². The van der Waals surface area contributed by atoms with E-state index in [1.807, 2.05) is 19.0 Å². The average molecular weight is 223 g/mol.